The summed E-state index contributed by atoms with van der Waals surface area (Å²) in [4.78, 5) is 23.9. The number of aliphatic hydroxyl groups excluding tert-OH is 1. The Labute approximate surface area is 233 Å². The van der Waals surface area contributed by atoms with Gasteiger partial charge in [0.2, 0.25) is 12.7 Å². The van der Waals surface area contributed by atoms with Gasteiger partial charge in [-0.3, -0.25) is 9.69 Å². The summed E-state index contributed by atoms with van der Waals surface area (Å²) in [5.41, 5.74) is 2.35. The molecule has 0 aliphatic carbocycles. The van der Waals surface area contributed by atoms with Crippen LogP contribution in [0.3, 0.4) is 0 Å². The van der Waals surface area contributed by atoms with E-state index in [4.69, 9.17) is 24.1 Å². The van der Waals surface area contributed by atoms with Crippen LogP contribution < -0.4 is 34.9 Å². The van der Waals surface area contributed by atoms with E-state index >= 15 is 0 Å². The molecule has 0 radical (unpaired) electrons. The first kappa shape index (κ1) is 27.7. The van der Waals surface area contributed by atoms with Crippen molar-refractivity contribution in [1.29, 1.82) is 0 Å². The zero-order chi connectivity index (χ0) is 27.9. The molecule has 0 saturated heterocycles. The van der Waals surface area contributed by atoms with E-state index in [0.717, 1.165) is 29.6 Å². The van der Waals surface area contributed by atoms with E-state index in [0.29, 0.717) is 73.6 Å². The van der Waals surface area contributed by atoms with Crippen LogP contribution in [0, 0.1) is 0 Å². The number of nitrogens with one attached hydrogen (secondary N) is 3. The Morgan fingerprint density at radius 2 is 2.08 bits per heavy atom. The lowest BCUT2D eigenvalue weighted by Gasteiger charge is -2.26. The molecule has 12 nitrogen and oxygen atoms in total. The molecule has 1 amide bonds. The molecule has 0 spiro atoms. The summed E-state index contributed by atoms with van der Waals surface area (Å²) >= 11 is 0. The number of ether oxygens (including phenoxy) is 4. The summed E-state index contributed by atoms with van der Waals surface area (Å²) in [6, 6.07) is 7.24. The van der Waals surface area contributed by atoms with E-state index in [-0.39, 0.29) is 25.3 Å². The maximum absolute atomic E-state index is 12.8. The highest BCUT2D eigenvalue weighted by Gasteiger charge is 2.25. The number of benzene rings is 2. The summed E-state index contributed by atoms with van der Waals surface area (Å²) < 4.78 is 23.7. The van der Waals surface area contributed by atoms with Crippen molar-refractivity contribution < 1.29 is 28.8 Å². The van der Waals surface area contributed by atoms with Crippen LogP contribution in [-0.2, 0) is 11.3 Å². The van der Waals surface area contributed by atoms with Crippen LogP contribution in [0.4, 0.5) is 11.5 Å². The summed E-state index contributed by atoms with van der Waals surface area (Å²) in [5, 5.41) is 19.3. The quantitative estimate of drug-likeness (QED) is 0.321. The SMILES string of the molecule is C[C@H]1C(=O)NCCCOc2cc3c(ncnc3cc2OCCCNCCO)Nc2c(ccc3c2OCO3)CN1C. The normalized spacial score (nSPS) is 17.7. The second-order valence-electron chi connectivity index (χ2n) is 9.76. The standard InChI is InChI=1S/C28H36N6O6/c1-18-28(36)30-8-4-12-37-23-13-20-21(14-24(23)38-11-3-7-29-9-10-35)31-16-32-27(20)33-25-19(15-34(18)2)5-6-22-26(25)40-17-39-22/h5-6,13-14,16,18,29,35H,3-4,7-12,15,17H2,1-2H3,(H,30,36)(H,31,32,33)/t18-/m0/s1. The Morgan fingerprint density at radius 1 is 1.18 bits per heavy atom. The summed E-state index contributed by atoms with van der Waals surface area (Å²) in [6.07, 6.45) is 2.90. The van der Waals surface area contributed by atoms with E-state index in [9.17, 15) is 4.79 Å². The minimum Gasteiger partial charge on any atom is -0.490 e. The van der Waals surface area contributed by atoms with Gasteiger partial charge in [0.25, 0.3) is 0 Å². The zero-order valence-corrected chi connectivity index (χ0v) is 22.9. The molecular weight excluding hydrogens is 516 g/mol. The van der Waals surface area contributed by atoms with Gasteiger partial charge >= 0.3 is 0 Å². The second kappa shape index (κ2) is 13.0. The van der Waals surface area contributed by atoms with Crippen molar-refractivity contribution in [3.63, 3.8) is 0 Å². The third-order valence-electron chi connectivity index (χ3n) is 6.95. The topological polar surface area (TPSA) is 139 Å². The number of aliphatic hydroxyl groups is 1. The number of fused-ring (bicyclic) bond motifs is 4. The minimum atomic E-state index is -0.350. The van der Waals surface area contributed by atoms with Crippen molar-refractivity contribution in [3.8, 4) is 23.0 Å². The Bertz CT molecular complexity index is 1340. The maximum Gasteiger partial charge on any atom is 0.237 e. The highest BCUT2D eigenvalue weighted by Crippen LogP contribution is 2.44. The van der Waals surface area contributed by atoms with Gasteiger partial charge in [-0.15, -0.1) is 0 Å². The van der Waals surface area contributed by atoms with Crippen molar-refractivity contribution in [3.05, 3.63) is 36.2 Å². The summed E-state index contributed by atoms with van der Waals surface area (Å²) in [7, 11) is 1.92. The lowest BCUT2D eigenvalue weighted by molar-refractivity contribution is -0.125. The van der Waals surface area contributed by atoms with E-state index in [2.05, 4.69) is 25.9 Å². The molecule has 2 aliphatic rings. The van der Waals surface area contributed by atoms with Crippen LogP contribution in [0.2, 0.25) is 0 Å². The third-order valence-corrected chi connectivity index (χ3v) is 6.95. The molecule has 3 aromatic rings. The van der Waals surface area contributed by atoms with Crippen LogP contribution in [0.25, 0.3) is 10.9 Å². The van der Waals surface area contributed by atoms with Gasteiger partial charge in [-0.25, -0.2) is 9.97 Å². The van der Waals surface area contributed by atoms with Crippen molar-refractivity contribution in [2.75, 3.05) is 58.6 Å². The summed E-state index contributed by atoms with van der Waals surface area (Å²) in [6.45, 7) is 5.23. The first-order valence-corrected chi connectivity index (χ1v) is 13.6. The fourth-order valence-electron chi connectivity index (χ4n) is 4.59. The van der Waals surface area contributed by atoms with Gasteiger partial charge in [-0.1, -0.05) is 6.07 Å². The number of carbonyl (C=O) groups is 1. The monoisotopic (exact) mass is 552 g/mol. The molecule has 1 aromatic heterocycles. The number of hydrogen-bond acceptors (Lipinski definition) is 11. The molecule has 0 unspecified atom stereocenters. The largest absolute Gasteiger partial charge is 0.490 e. The van der Waals surface area contributed by atoms with Crippen LogP contribution >= 0.6 is 0 Å². The third kappa shape index (κ3) is 6.30. The summed E-state index contributed by atoms with van der Waals surface area (Å²) in [5.74, 6) is 2.92. The molecule has 0 fully saturated rings. The van der Waals surface area contributed by atoms with Gasteiger partial charge in [-0.2, -0.15) is 0 Å². The first-order valence-electron chi connectivity index (χ1n) is 13.6. The molecule has 12 heteroatoms. The van der Waals surface area contributed by atoms with Gasteiger partial charge < -0.3 is 40.0 Å². The lowest BCUT2D eigenvalue weighted by Crippen LogP contribution is -2.43. The molecule has 1 atom stereocenters. The Balaban J connectivity index is 1.51. The molecule has 214 valence electrons. The Kier molecular flexibility index (Phi) is 8.99. The molecule has 5 rings (SSSR count). The van der Waals surface area contributed by atoms with Crippen LogP contribution in [-0.4, -0.2) is 85.2 Å². The number of carbonyl (C=O) groups excluding carboxylic acids is 1. The molecule has 4 N–H and O–H groups in total. The molecule has 2 bridgehead atoms. The van der Waals surface area contributed by atoms with Crippen LogP contribution in [0.1, 0.15) is 25.3 Å². The Morgan fingerprint density at radius 3 is 2.95 bits per heavy atom. The molecule has 40 heavy (non-hydrogen) atoms. The molecule has 0 saturated carbocycles. The average Bonchev–Trinajstić information content (AvgIpc) is 3.44. The van der Waals surface area contributed by atoms with Crippen molar-refractivity contribution in [2.24, 2.45) is 0 Å². The van der Waals surface area contributed by atoms with E-state index < -0.39 is 0 Å². The van der Waals surface area contributed by atoms with Gasteiger partial charge in [0.1, 0.15) is 12.1 Å². The second-order valence-corrected chi connectivity index (χ2v) is 9.76. The van der Waals surface area contributed by atoms with Gasteiger partial charge in [0, 0.05) is 31.1 Å². The lowest BCUT2D eigenvalue weighted by atomic mass is 10.1. The van der Waals surface area contributed by atoms with Gasteiger partial charge in [0.05, 0.1) is 37.1 Å². The first-order chi connectivity index (χ1) is 19.5. The number of rotatable bonds is 7. The van der Waals surface area contributed by atoms with Crippen molar-refractivity contribution in [1.82, 2.24) is 25.5 Å². The zero-order valence-electron chi connectivity index (χ0n) is 22.9. The number of anilines is 2. The predicted molar refractivity (Wildman–Crippen MR) is 150 cm³/mol. The smallest absolute Gasteiger partial charge is 0.237 e. The Hall–Kier alpha value is -3.87. The number of nitrogens with zero attached hydrogens (tertiary/aromatic N) is 3. The molecular formula is C28H36N6O6. The maximum atomic E-state index is 12.8. The highest BCUT2D eigenvalue weighted by molar-refractivity contribution is 5.94. The highest BCUT2D eigenvalue weighted by atomic mass is 16.7. The number of hydrogen-bond donors (Lipinski definition) is 4. The fourth-order valence-corrected chi connectivity index (χ4v) is 4.59. The minimum absolute atomic E-state index is 0.0526. The van der Waals surface area contributed by atoms with Crippen LogP contribution in [0.5, 0.6) is 23.0 Å². The van der Waals surface area contributed by atoms with Gasteiger partial charge in [-0.05, 0) is 51.1 Å². The van der Waals surface area contributed by atoms with E-state index in [1.807, 2.05) is 43.1 Å². The number of likely N-dealkylation sites (N-methyl/N-ethyl adjacent to an activating group) is 1. The molecule has 3 heterocycles. The van der Waals surface area contributed by atoms with E-state index in [1.54, 1.807) is 0 Å². The average molecular weight is 553 g/mol. The van der Waals surface area contributed by atoms with Crippen molar-refractivity contribution in [2.45, 2.75) is 32.4 Å². The van der Waals surface area contributed by atoms with Crippen molar-refractivity contribution >= 4 is 28.3 Å². The van der Waals surface area contributed by atoms with Crippen LogP contribution in [0.15, 0.2) is 30.6 Å². The molecule has 2 aliphatic heterocycles. The molecule has 2 aromatic carbocycles. The predicted octanol–water partition coefficient (Wildman–Crippen LogP) is 2.17. The number of amides is 1. The fraction of sp³-hybridized carbons (Fsp3) is 0.464. The van der Waals surface area contributed by atoms with Gasteiger partial charge in [0.15, 0.2) is 23.0 Å². The van der Waals surface area contributed by atoms with E-state index in [1.165, 1.54) is 6.33 Å². The number of aromatic nitrogens is 2.